The van der Waals surface area contributed by atoms with Gasteiger partial charge in [0.25, 0.3) is 0 Å². The highest BCUT2D eigenvalue weighted by Gasteiger charge is 2.33. The second-order valence-corrected chi connectivity index (χ2v) is 5.29. The minimum Gasteiger partial charge on any atom is -0.480 e. The Bertz CT molecular complexity index is 493. The molecule has 1 N–H and O–H groups in total. The van der Waals surface area contributed by atoms with E-state index in [4.69, 9.17) is 5.11 Å². The average Bonchev–Trinajstić information content (AvgIpc) is 2.87. The van der Waals surface area contributed by atoms with Gasteiger partial charge in [-0.2, -0.15) is 0 Å². The Morgan fingerprint density at radius 1 is 1.53 bits per heavy atom. The molecule has 0 spiro atoms. The SMILES string of the molecule is O=C(O)[C@H]1CCCN1C(=O)CCc1cccnc1Br. The van der Waals surface area contributed by atoms with E-state index in [0.29, 0.717) is 25.8 Å². The summed E-state index contributed by atoms with van der Waals surface area (Å²) in [5.41, 5.74) is 0.960. The second kappa shape index (κ2) is 6.14. The molecule has 19 heavy (non-hydrogen) atoms. The first-order valence-electron chi connectivity index (χ1n) is 6.21. The standard InChI is InChI=1S/C13H15BrN2O3/c14-12-9(3-1-7-15-12)5-6-11(17)16-8-2-4-10(16)13(18)19/h1,3,7,10H,2,4-6,8H2,(H,18,19)/t10-/m1/s1. The van der Waals surface area contributed by atoms with Gasteiger partial charge in [-0.05, 0) is 46.8 Å². The fourth-order valence-electron chi connectivity index (χ4n) is 2.31. The molecule has 0 bridgehead atoms. The van der Waals surface area contributed by atoms with Crippen LogP contribution in [0.4, 0.5) is 0 Å². The Morgan fingerprint density at radius 3 is 3.00 bits per heavy atom. The van der Waals surface area contributed by atoms with Crippen LogP contribution >= 0.6 is 15.9 Å². The van der Waals surface area contributed by atoms with E-state index in [-0.39, 0.29) is 5.91 Å². The third-order valence-electron chi connectivity index (χ3n) is 3.30. The highest BCUT2D eigenvalue weighted by atomic mass is 79.9. The van der Waals surface area contributed by atoms with Crippen LogP contribution in [0.15, 0.2) is 22.9 Å². The predicted molar refractivity (Wildman–Crippen MR) is 72.6 cm³/mol. The molecule has 1 fully saturated rings. The van der Waals surface area contributed by atoms with Crippen molar-refractivity contribution >= 4 is 27.8 Å². The van der Waals surface area contributed by atoms with Crippen LogP contribution in [0.1, 0.15) is 24.8 Å². The van der Waals surface area contributed by atoms with Crippen molar-refractivity contribution in [3.8, 4) is 0 Å². The number of aliphatic carboxylic acids is 1. The molecule has 0 aromatic carbocycles. The molecule has 1 saturated heterocycles. The number of carboxylic acids is 1. The van der Waals surface area contributed by atoms with Gasteiger partial charge in [-0.25, -0.2) is 9.78 Å². The minimum absolute atomic E-state index is 0.0966. The van der Waals surface area contributed by atoms with E-state index in [1.807, 2.05) is 12.1 Å². The van der Waals surface area contributed by atoms with Crippen molar-refractivity contribution in [3.05, 3.63) is 28.5 Å². The number of carbonyl (C=O) groups is 2. The maximum absolute atomic E-state index is 12.1. The zero-order valence-corrected chi connectivity index (χ0v) is 12.0. The summed E-state index contributed by atoms with van der Waals surface area (Å²) >= 11 is 3.33. The second-order valence-electron chi connectivity index (χ2n) is 4.54. The molecule has 1 amide bonds. The molecule has 1 aliphatic rings. The number of pyridine rings is 1. The van der Waals surface area contributed by atoms with Crippen LogP contribution in [0.2, 0.25) is 0 Å². The van der Waals surface area contributed by atoms with Gasteiger partial charge in [-0.3, -0.25) is 4.79 Å². The van der Waals surface area contributed by atoms with E-state index in [1.165, 1.54) is 4.90 Å². The van der Waals surface area contributed by atoms with Gasteiger partial charge in [0.15, 0.2) is 0 Å². The lowest BCUT2D eigenvalue weighted by atomic mass is 10.1. The Labute approximate surface area is 119 Å². The van der Waals surface area contributed by atoms with Crippen LogP contribution in [0, 0.1) is 0 Å². The fourth-order valence-corrected chi connectivity index (χ4v) is 2.76. The summed E-state index contributed by atoms with van der Waals surface area (Å²) in [5, 5.41) is 9.05. The lowest BCUT2D eigenvalue weighted by Gasteiger charge is -2.21. The monoisotopic (exact) mass is 326 g/mol. The summed E-state index contributed by atoms with van der Waals surface area (Å²) in [4.78, 5) is 28.7. The summed E-state index contributed by atoms with van der Waals surface area (Å²) in [7, 11) is 0. The summed E-state index contributed by atoms with van der Waals surface area (Å²) in [5.74, 6) is -1.01. The molecule has 0 unspecified atom stereocenters. The topological polar surface area (TPSA) is 70.5 Å². The van der Waals surface area contributed by atoms with Crippen LogP contribution in [0.5, 0.6) is 0 Å². The van der Waals surface area contributed by atoms with Crippen molar-refractivity contribution < 1.29 is 14.7 Å². The molecule has 2 heterocycles. The lowest BCUT2D eigenvalue weighted by molar-refractivity contribution is -0.148. The zero-order chi connectivity index (χ0) is 13.8. The molecular formula is C13H15BrN2O3. The highest BCUT2D eigenvalue weighted by Crippen LogP contribution is 2.20. The minimum atomic E-state index is -0.909. The summed E-state index contributed by atoms with van der Waals surface area (Å²) < 4.78 is 0.735. The molecule has 5 nitrogen and oxygen atoms in total. The van der Waals surface area contributed by atoms with Crippen LogP contribution in [0.25, 0.3) is 0 Å². The number of nitrogens with zero attached hydrogens (tertiary/aromatic N) is 2. The van der Waals surface area contributed by atoms with Crippen molar-refractivity contribution in [2.75, 3.05) is 6.54 Å². The van der Waals surface area contributed by atoms with Gasteiger partial charge in [0.1, 0.15) is 10.6 Å². The number of amides is 1. The molecule has 6 heteroatoms. The summed E-state index contributed by atoms with van der Waals surface area (Å²) in [6, 6.07) is 3.08. The van der Waals surface area contributed by atoms with Gasteiger partial charge in [0.05, 0.1) is 0 Å². The molecular weight excluding hydrogens is 312 g/mol. The van der Waals surface area contributed by atoms with Crippen molar-refractivity contribution in [3.63, 3.8) is 0 Å². The number of rotatable bonds is 4. The summed E-state index contributed by atoms with van der Waals surface area (Å²) in [6.07, 6.45) is 3.87. The molecule has 2 rings (SSSR count). The molecule has 0 radical (unpaired) electrons. The van der Waals surface area contributed by atoms with Crippen molar-refractivity contribution in [1.82, 2.24) is 9.88 Å². The van der Waals surface area contributed by atoms with E-state index in [2.05, 4.69) is 20.9 Å². The maximum Gasteiger partial charge on any atom is 0.326 e. The molecule has 0 aliphatic carbocycles. The Hall–Kier alpha value is -1.43. The van der Waals surface area contributed by atoms with Crippen molar-refractivity contribution in [2.45, 2.75) is 31.7 Å². The molecule has 1 aliphatic heterocycles. The highest BCUT2D eigenvalue weighted by molar-refractivity contribution is 9.10. The number of carbonyl (C=O) groups excluding carboxylic acids is 1. The van der Waals surface area contributed by atoms with Crippen LogP contribution in [-0.4, -0.2) is 39.5 Å². The first-order valence-corrected chi connectivity index (χ1v) is 7.00. The maximum atomic E-state index is 12.1. The van der Waals surface area contributed by atoms with Crippen LogP contribution < -0.4 is 0 Å². The number of aromatic nitrogens is 1. The van der Waals surface area contributed by atoms with E-state index in [1.54, 1.807) is 6.20 Å². The smallest absolute Gasteiger partial charge is 0.326 e. The van der Waals surface area contributed by atoms with Gasteiger partial charge in [0.2, 0.25) is 5.91 Å². The largest absolute Gasteiger partial charge is 0.480 e. The van der Waals surface area contributed by atoms with E-state index < -0.39 is 12.0 Å². The normalized spacial score (nSPS) is 18.6. The molecule has 1 aromatic rings. The fraction of sp³-hybridized carbons (Fsp3) is 0.462. The first kappa shape index (κ1) is 14.0. The van der Waals surface area contributed by atoms with Gasteiger partial charge in [0, 0.05) is 19.2 Å². The Kier molecular flexibility index (Phi) is 4.52. The third kappa shape index (κ3) is 3.32. The van der Waals surface area contributed by atoms with Crippen molar-refractivity contribution in [2.24, 2.45) is 0 Å². The number of carboxylic acid groups (broad SMARTS) is 1. The molecule has 1 atom stereocenters. The number of likely N-dealkylation sites (tertiary alicyclic amines) is 1. The quantitative estimate of drug-likeness (QED) is 0.857. The van der Waals surface area contributed by atoms with Crippen LogP contribution in [-0.2, 0) is 16.0 Å². The zero-order valence-electron chi connectivity index (χ0n) is 10.4. The van der Waals surface area contributed by atoms with E-state index >= 15 is 0 Å². The average molecular weight is 327 g/mol. The van der Waals surface area contributed by atoms with Crippen LogP contribution in [0.3, 0.4) is 0 Å². The Balaban J connectivity index is 1.95. The first-order chi connectivity index (χ1) is 9.09. The van der Waals surface area contributed by atoms with Gasteiger partial charge < -0.3 is 10.0 Å². The summed E-state index contributed by atoms with van der Waals surface area (Å²) in [6.45, 7) is 0.546. The number of hydrogen-bond acceptors (Lipinski definition) is 3. The lowest BCUT2D eigenvalue weighted by Crippen LogP contribution is -2.40. The number of aryl methyl sites for hydroxylation is 1. The van der Waals surface area contributed by atoms with Gasteiger partial charge in [-0.15, -0.1) is 0 Å². The number of halogens is 1. The third-order valence-corrected chi connectivity index (χ3v) is 4.02. The number of hydrogen-bond donors (Lipinski definition) is 1. The van der Waals surface area contributed by atoms with E-state index in [0.717, 1.165) is 16.6 Å². The van der Waals surface area contributed by atoms with Gasteiger partial charge in [-0.1, -0.05) is 6.07 Å². The van der Waals surface area contributed by atoms with E-state index in [9.17, 15) is 9.59 Å². The predicted octanol–water partition coefficient (Wildman–Crippen LogP) is 1.85. The molecule has 0 saturated carbocycles. The molecule has 102 valence electrons. The van der Waals surface area contributed by atoms with Crippen molar-refractivity contribution in [1.29, 1.82) is 0 Å². The molecule has 1 aromatic heterocycles. The van der Waals surface area contributed by atoms with Gasteiger partial charge >= 0.3 is 5.97 Å². The Morgan fingerprint density at radius 2 is 2.32 bits per heavy atom.